The van der Waals surface area contributed by atoms with Gasteiger partial charge in [-0.3, -0.25) is 0 Å². The first-order valence-corrected chi connectivity index (χ1v) is 8.03. The average Bonchev–Trinajstić information content (AvgIpc) is 3.16. The van der Waals surface area contributed by atoms with Crippen LogP contribution in [-0.2, 0) is 5.75 Å². The summed E-state index contributed by atoms with van der Waals surface area (Å²) in [5, 5.41) is 10.8. The Labute approximate surface area is 129 Å². The first kappa shape index (κ1) is 13.9. The number of benzene rings is 1. The van der Waals surface area contributed by atoms with Crippen LogP contribution >= 0.6 is 23.1 Å². The predicted molar refractivity (Wildman–Crippen MR) is 82.8 cm³/mol. The van der Waals surface area contributed by atoms with Crippen LogP contribution in [0, 0.1) is 0 Å². The van der Waals surface area contributed by atoms with Gasteiger partial charge in [-0.1, -0.05) is 6.07 Å². The van der Waals surface area contributed by atoms with Crippen molar-refractivity contribution < 1.29 is 14.3 Å². The second-order valence-electron chi connectivity index (χ2n) is 4.24. The molecule has 0 spiro atoms. The monoisotopic (exact) mass is 317 g/mol. The zero-order valence-corrected chi connectivity index (χ0v) is 12.5. The molecule has 0 atom stereocenters. The van der Waals surface area contributed by atoms with E-state index in [1.165, 1.54) is 0 Å². The van der Waals surface area contributed by atoms with Crippen LogP contribution in [0.15, 0.2) is 57.4 Å². The molecule has 2 aromatic heterocycles. The van der Waals surface area contributed by atoms with Crippen LogP contribution in [0.5, 0.6) is 0 Å². The molecule has 6 heteroatoms. The minimum Gasteiger partial charge on any atom is -0.478 e. The number of hydrogen-bond acceptors (Lipinski definition) is 5. The van der Waals surface area contributed by atoms with Gasteiger partial charge in [0.15, 0.2) is 0 Å². The van der Waals surface area contributed by atoms with Crippen LogP contribution in [0.1, 0.15) is 16.1 Å². The van der Waals surface area contributed by atoms with Crippen molar-refractivity contribution in [3.05, 3.63) is 59.3 Å². The molecular weight excluding hydrogens is 306 g/mol. The molecule has 0 amide bonds. The minimum atomic E-state index is -0.913. The molecule has 3 aromatic rings. The lowest BCUT2D eigenvalue weighted by atomic mass is 10.2. The molecule has 0 radical (unpaired) electrons. The van der Waals surface area contributed by atoms with E-state index in [4.69, 9.17) is 9.52 Å². The summed E-state index contributed by atoms with van der Waals surface area (Å²) < 4.78 is 5.46. The standard InChI is InChI=1S/C15H11NO3S2/c17-15(18)10-3-5-12(6-4-10)21-9-11-8-19-14(16-11)13-2-1-7-20-13/h1-8H,9H2,(H,17,18). The van der Waals surface area contributed by atoms with Gasteiger partial charge >= 0.3 is 5.97 Å². The zero-order valence-electron chi connectivity index (χ0n) is 10.9. The molecule has 0 bridgehead atoms. The molecule has 0 unspecified atom stereocenters. The van der Waals surface area contributed by atoms with Gasteiger partial charge in [0.05, 0.1) is 16.1 Å². The summed E-state index contributed by atoms with van der Waals surface area (Å²) in [5.41, 5.74) is 1.16. The first-order chi connectivity index (χ1) is 10.2. The maximum absolute atomic E-state index is 10.8. The summed E-state index contributed by atoms with van der Waals surface area (Å²) in [6.07, 6.45) is 1.66. The number of aromatic nitrogens is 1. The molecule has 2 heterocycles. The van der Waals surface area contributed by atoms with Crippen molar-refractivity contribution in [2.75, 3.05) is 0 Å². The zero-order chi connectivity index (χ0) is 14.7. The van der Waals surface area contributed by atoms with Gasteiger partial charge in [0.1, 0.15) is 6.26 Å². The van der Waals surface area contributed by atoms with Gasteiger partial charge in [-0.15, -0.1) is 23.1 Å². The highest BCUT2D eigenvalue weighted by atomic mass is 32.2. The van der Waals surface area contributed by atoms with Gasteiger partial charge in [0, 0.05) is 10.6 Å². The summed E-state index contributed by atoms with van der Waals surface area (Å²) in [7, 11) is 0. The average molecular weight is 317 g/mol. The van der Waals surface area contributed by atoms with Crippen molar-refractivity contribution >= 4 is 29.1 Å². The van der Waals surface area contributed by atoms with E-state index in [0.29, 0.717) is 17.2 Å². The number of carboxylic acids is 1. The molecule has 0 aliphatic carbocycles. The highest BCUT2D eigenvalue weighted by Crippen LogP contribution is 2.27. The van der Waals surface area contributed by atoms with Crippen molar-refractivity contribution in [3.8, 4) is 10.8 Å². The molecule has 0 saturated heterocycles. The number of carboxylic acid groups (broad SMARTS) is 1. The van der Waals surface area contributed by atoms with Crippen LogP contribution < -0.4 is 0 Å². The van der Waals surface area contributed by atoms with Gasteiger partial charge in [0.25, 0.3) is 0 Å². The topological polar surface area (TPSA) is 63.3 Å². The van der Waals surface area contributed by atoms with Gasteiger partial charge in [-0.05, 0) is 35.7 Å². The second kappa shape index (κ2) is 6.15. The number of rotatable bonds is 5. The van der Waals surface area contributed by atoms with E-state index >= 15 is 0 Å². The third-order valence-corrected chi connectivity index (χ3v) is 4.68. The fraction of sp³-hybridized carbons (Fsp3) is 0.0667. The SMILES string of the molecule is O=C(O)c1ccc(SCc2coc(-c3cccs3)n2)cc1. The Morgan fingerprint density at radius 3 is 2.76 bits per heavy atom. The third-order valence-electron chi connectivity index (χ3n) is 2.77. The predicted octanol–water partition coefficient (Wildman–Crippen LogP) is 4.39. The van der Waals surface area contributed by atoms with Gasteiger partial charge in [-0.2, -0.15) is 0 Å². The fourth-order valence-corrected chi connectivity index (χ4v) is 3.17. The van der Waals surface area contributed by atoms with E-state index in [9.17, 15) is 4.79 Å². The van der Waals surface area contributed by atoms with Gasteiger partial charge in [-0.25, -0.2) is 9.78 Å². The van der Waals surface area contributed by atoms with E-state index in [2.05, 4.69) is 4.98 Å². The van der Waals surface area contributed by atoms with E-state index < -0.39 is 5.97 Å². The molecule has 1 N–H and O–H groups in total. The van der Waals surface area contributed by atoms with Crippen LogP contribution in [0.4, 0.5) is 0 Å². The van der Waals surface area contributed by atoms with E-state index in [0.717, 1.165) is 15.5 Å². The van der Waals surface area contributed by atoms with Gasteiger partial charge < -0.3 is 9.52 Å². The summed E-state index contributed by atoms with van der Waals surface area (Å²) in [5.74, 6) is 0.409. The number of thiophene rings is 1. The van der Waals surface area contributed by atoms with E-state index in [1.807, 2.05) is 17.5 Å². The lowest BCUT2D eigenvalue weighted by Gasteiger charge is -1.99. The molecule has 0 saturated carbocycles. The van der Waals surface area contributed by atoms with Crippen molar-refractivity contribution in [1.82, 2.24) is 4.98 Å². The maximum atomic E-state index is 10.8. The maximum Gasteiger partial charge on any atom is 0.335 e. The normalized spacial score (nSPS) is 10.7. The number of nitrogens with zero attached hydrogens (tertiary/aromatic N) is 1. The lowest BCUT2D eigenvalue weighted by molar-refractivity contribution is 0.0697. The summed E-state index contributed by atoms with van der Waals surface area (Å²) in [6, 6.07) is 10.7. The fourth-order valence-electron chi connectivity index (χ4n) is 1.74. The molecule has 3 rings (SSSR count). The molecule has 21 heavy (non-hydrogen) atoms. The molecule has 106 valence electrons. The molecule has 1 aromatic carbocycles. The molecule has 0 aliphatic rings. The summed E-state index contributed by atoms with van der Waals surface area (Å²) in [4.78, 5) is 17.2. The molecule has 4 nitrogen and oxygen atoms in total. The van der Waals surface area contributed by atoms with Crippen LogP contribution in [0.25, 0.3) is 10.8 Å². The lowest BCUT2D eigenvalue weighted by Crippen LogP contribution is -1.94. The molecule has 0 fully saturated rings. The van der Waals surface area contributed by atoms with E-state index in [1.54, 1.807) is 53.6 Å². The number of carbonyl (C=O) groups is 1. The Balaban J connectivity index is 1.64. The smallest absolute Gasteiger partial charge is 0.335 e. The van der Waals surface area contributed by atoms with Crippen molar-refractivity contribution in [3.63, 3.8) is 0 Å². The second-order valence-corrected chi connectivity index (χ2v) is 6.24. The van der Waals surface area contributed by atoms with Crippen molar-refractivity contribution in [1.29, 1.82) is 0 Å². The number of oxazole rings is 1. The Bertz CT molecular complexity index is 733. The highest BCUT2D eigenvalue weighted by Gasteiger charge is 2.08. The van der Waals surface area contributed by atoms with E-state index in [-0.39, 0.29) is 0 Å². The number of aromatic carboxylic acids is 1. The Morgan fingerprint density at radius 1 is 1.29 bits per heavy atom. The van der Waals surface area contributed by atoms with Crippen LogP contribution in [-0.4, -0.2) is 16.1 Å². The largest absolute Gasteiger partial charge is 0.478 e. The molecule has 0 aliphatic heterocycles. The summed E-state index contributed by atoms with van der Waals surface area (Å²) >= 11 is 3.18. The van der Waals surface area contributed by atoms with Crippen molar-refractivity contribution in [2.45, 2.75) is 10.6 Å². The van der Waals surface area contributed by atoms with Crippen LogP contribution in [0.3, 0.4) is 0 Å². The van der Waals surface area contributed by atoms with Crippen molar-refractivity contribution in [2.24, 2.45) is 0 Å². The Morgan fingerprint density at radius 2 is 2.10 bits per heavy atom. The number of hydrogen-bond donors (Lipinski definition) is 1. The van der Waals surface area contributed by atoms with Gasteiger partial charge in [0.2, 0.25) is 5.89 Å². The van der Waals surface area contributed by atoms with Crippen LogP contribution in [0.2, 0.25) is 0 Å². The highest BCUT2D eigenvalue weighted by molar-refractivity contribution is 7.98. The summed E-state index contributed by atoms with van der Waals surface area (Å²) in [6.45, 7) is 0. The third kappa shape index (κ3) is 3.34. The molecular formula is C15H11NO3S2. The Kier molecular flexibility index (Phi) is 4.08. The Hall–Kier alpha value is -2.05. The first-order valence-electron chi connectivity index (χ1n) is 6.17. The quantitative estimate of drug-likeness (QED) is 0.707. The minimum absolute atomic E-state index is 0.292. The number of thioether (sulfide) groups is 1.